The summed E-state index contributed by atoms with van der Waals surface area (Å²) in [5.41, 5.74) is -4.35. The van der Waals surface area contributed by atoms with Crippen molar-refractivity contribution in [3.8, 4) is 24.0 Å². The van der Waals surface area contributed by atoms with Gasteiger partial charge in [0.1, 0.15) is 11.9 Å². The number of ether oxygens (including phenoxy) is 3. The Kier molecular flexibility index (Phi) is 5.21. The largest absolute Gasteiger partial charge is 0.497 e. The number of hydrogen-bond acceptors (Lipinski definition) is 9. The molecule has 2 aliphatic rings. The lowest BCUT2D eigenvalue weighted by Gasteiger charge is -2.48. The molecule has 170 valence electrons. The highest BCUT2D eigenvalue weighted by molar-refractivity contribution is 6.31. The van der Waals surface area contributed by atoms with E-state index in [0.29, 0.717) is 11.3 Å². The van der Waals surface area contributed by atoms with Gasteiger partial charge < -0.3 is 14.2 Å². The SMILES string of the molecule is COc1ccc(C23OC(=N)C(C#N)(C2C)C(C#N)(C#N)C(c2cc([N+](=O)[O-])ccc2Cl)O3)cc1. The van der Waals surface area contributed by atoms with Gasteiger partial charge in [0, 0.05) is 28.3 Å². The maximum Gasteiger partial charge on any atom is 0.269 e. The van der Waals surface area contributed by atoms with E-state index in [-0.39, 0.29) is 16.3 Å². The molecule has 0 spiro atoms. The van der Waals surface area contributed by atoms with E-state index in [1.807, 2.05) is 18.2 Å². The second kappa shape index (κ2) is 7.71. The Bertz CT molecular complexity index is 1330. The first kappa shape index (κ1) is 23.0. The Morgan fingerprint density at radius 1 is 1.15 bits per heavy atom. The molecule has 2 aromatic carbocycles. The molecule has 4 atom stereocenters. The van der Waals surface area contributed by atoms with Crippen LogP contribution < -0.4 is 4.74 Å². The van der Waals surface area contributed by atoms with Crippen LogP contribution in [0.5, 0.6) is 5.75 Å². The molecule has 0 amide bonds. The molecular formula is C23H16ClN5O5. The van der Waals surface area contributed by atoms with Gasteiger partial charge in [-0.2, -0.15) is 15.8 Å². The van der Waals surface area contributed by atoms with E-state index in [0.717, 1.165) is 6.07 Å². The number of non-ortho nitro benzene ring substituents is 1. The van der Waals surface area contributed by atoms with Crippen LogP contribution in [0.4, 0.5) is 5.69 Å². The van der Waals surface area contributed by atoms with Crippen molar-refractivity contribution in [2.24, 2.45) is 16.7 Å². The second-order valence-corrected chi connectivity index (χ2v) is 8.37. The van der Waals surface area contributed by atoms with Gasteiger partial charge in [-0.25, -0.2) is 0 Å². The van der Waals surface area contributed by atoms with Gasteiger partial charge in [0.15, 0.2) is 5.41 Å². The number of nitrogens with zero attached hydrogens (tertiary/aromatic N) is 4. The highest BCUT2D eigenvalue weighted by Crippen LogP contribution is 2.69. The van der Waals surface area contributed by atoms with Gasteiger partial charge in [0.2, 0.25) is 17.1 Å². The molecular weight excluding hydrogens is 462 g/mol. The minimum atomic E-state index is -2.30. The number of methoxy groups -OCH3 is 1. The monoisotopic (exact) mass is 477 g/mol. The second-order valence-electron chi connectivity index (χ2n) is 7.96. The highest BCUT2D eigenvalue weighted by Gasteiger charge is 2.80. The molecule has 2 bridgehead atoms. The van der Waals surface area contributed by atoms with E-state index in [1.54, 1.807) is 31.2 Å². The number of nitro groups is 1. The Balaban J connectivity index is 2.05. The average molecular weight is 478 g/mol. The molecule has 10 nitrogen and oxygen atoms in total. The summed E-state index contributed by atoms with van der Waals surface area (Å²) >= 11 is 6.37. The van der Waals surface area contributed by atoms with Gasteiger partial charge in [-0.15, -0.1) is 0 Å². The van der Waals surface area contributed by atoms with Crippen molar-refractivity contribution >= 4 is 23.2 Å². The van der Waals surface area contributed by atoms with Crippen molar-refractivity contribution in [2.75, 3.05) is 7.11 Å². The minimum Gasteiger partial charge on any atom is -0.497 e. The molecule has 0 saturated carbocycles. The van der Waals surface area contributed by atoms with Crippen LogP contribution in [0, 0.1) is 66.3 Å². The summed E-state index contributed by atoms with van der Waals surface area (Å²) in [6.45, 7) is 1.56. The maximum absolute atomic E-state index is 11.4. The fraction of sp³-hybridized carbons (Fsp3) is 0.304. The molecule has 4 unspecified atom stereocenters. The number of fused-ring (bicyclic) bond motifs is 2. The van der Waals surface area contributed by atoms with E-state index in [9.17, 15) is 25.9 Å². The number of nitrogens with one attached hydrogen (secondary N) is 1. The predicted octanol–water partition coefficient (Wildman–Crippen LogP) is 4.37. The quantitative estimate of drug-likeness (QED) is 0.500. The van der Waals surface area contributed by atoms with Crippen LogP contribution >= 0.6 is 11.6 Å². The van der Waals surface area contributed by atoms with Gasteiger partial charge in [-0.3, -0.25) is 15.5 Å². The maximum atomic E-state index is 11.4. The molecule has 2 aromatic rings. The summed E-state index contributed by atoms with van der Waals surface area (Å²) in [6, 6.07) is 15.8. The number of nitro benzene ring substituents is 1. The average Bonchev–Trinajstić information content (AvgIpc) is 3.00. The fourth-order valence-corrected chi connectivity index (χ4v) is 5.03. The molecule has 2 fully saturated rings. The lowest BCUT2D eigenvalue weighted by Crippen LogP contribution is -2.57. The number of halogens is 1. The fourth-order valence-electron chi connectivity index (χ4n) is 4.82. The van der Waals surface area contributed by atoms with Gasteiger partial charge >= 0.3 is 0 Å². The number of hydrogen-bond donors (Lipinski definition) is 1. The standard InChI is InChI=1S/C23H16ClN5O5/c1-13-22(12-27)20(28)34-23(13,14-3-6-16(32-2)7-4-14)33-19(21(22,10-25)11-26)17-9-15(29(30)31)5-8-18(17)24/h3-9,13,19,28H,1-2H3. The molecule has 0 aromatic heterocycles. The number of rotatable bonds is 4. The summed E-state index contributed by atoms with van der Waals surface area (Å²) in [7, 11) is 1.49. The Labute approximate surface area is 199 Å². The zero-order valence-electron chi connectivity index (χ0n) is 17.9. The van der Waals surface area contributed by atoms with Crippen molar-refractivity contribution < 1.29 is 19.1 Å². The van der Waals surface area contributed by atoms with Crippen LogP contribution in [0.1, 0.15) is 24.2 Å². The Morgan fingerprint density at radius 2 is 1.79 bits per heavy atom. The van der Waals surface area contributed by atoms with Crippen LogP contribution in [0.25, 0.3) is 0 Å². The lowest BCUT2D eigenvalue weighted by atomic mass is 9.53. The summed E-state index contributed by atoms with van der Waals surface area (Å²) < 4.78 is 17.4. The third-order valence-electron chi connectivity index (χ3n) is 6.63. The first-order valence-electron chi connectivity index (χ1n) is 9.95. The van der Waals surface area contributed by atoms with Gasteiger partial charge in [0.25, 0.3) is 5.69 Å². The van der Waals surface area contributed by atoms with Crippen LogP contribution in [0.3, 0.4) is 0 Å². The first-order valence-corrected chi connectivity index (χ1v) is 10.3. The van der Waals surface area contributed by atoms with Crippen molar-refractivity contribution in [3.05, 3.63) is 68.7 Å². The molecule has 4 rings (SSSR count). The molecule has 2 aliphatic heterocycles. The topological polar surface area (TPSA) is 166 Å². The predicted molar refractivity (Wildman–Crippen MR) is 116 cm³/mol. The Morgan fingerprint density at radius 3 is 2.32 bits per heavy atom. The van der Waals surface area contributed by atoms with E-state index in [4.69, 9.17) is 31.2 Å². The summed E-state index contributed by atoms with van der Waals surface area (Å²) in [4.78, 5) is 10.8. The van der Waals surface area contributed by atoms with E-state index >= 15 is 0 Å². The van der Waals surface area contributed by atoms with Gasteiger partial charge in [-0.1, -0.05) is 18.5 Å². The van der Waals surface area contributed by atoms with Gasteiger partial charge in [-0.05, 0) is 30.3 Å². The molecule has 0 aliphatic carbocycles. The van der Waals surface area contributed by atoms with Crippen LogP contribution in [-0.4, -0.2) is 17.9 Å². The molecule has 0 radical (unpaired) electrons. The smallest absolute Gasteiger partial charge is 0.269 e. The molecule has 2 heterocycles. The van der Waals surface area contributed by atoms with Crippen LogP contribution in [0.2, 0.25) is 5.02 Å². The van der Waals surface area contributed by atoms with E-state index in [2.05, 4.69) is 0 Å². The number of nitriles is 3. The van der Waals surface area contributed by atoms with Gasteiger partial charge in [0.05, 0.1) is 36.2 Å². The van der Waals surface area contributed by atoms with Crippen LogP contribution in [-0.2, 0) is 15.3 Å². The Hall–Kier alpha value is -4.17. The first-order chi connectivity index (χ1) is 16.2. The zero-order chi connectivity index (χ0) is 24.9. The third-order valence-corrected chi connectivity index (χ3v) is 6.98. The molecule has 11 heteroatoms. The van der Waals surface area contributed by atoms with Crippen molar-refractivity contribution in [1.82, 2.24) is 0 Å². The van der Waals surface area contributed by atoms with E-state index in [1.165, 1.54) is 19.2 Å². The molecule has 34 heavy (non-hydrogen) atoms. The summed E-state index contributed by atoms with van der Waals surface area (Å²) in [6.07, 6.45) is -1.56. The zero-order valence-corrected chi connectivity index (χ0v) is 18.7. The van der Waals surface area contributed by atoms with Crippen molar-refractivity contribution in [2.45, 2.75) is 18.8 Å². The van der Waals surface area contributed by atoms with E-state index < -0.39 is 39.5 Å². The van der Waals surface area contributed by atoms with Crippen molar-refractivity contribution in [3.63, 3.8) is 0 Å². The third kappa shape index (κ3) is 2.66. The van der Waals surface area contributed by atoms with Crippen molar-refractivity contribution in [1.29, 1.82) is 21.2 Å². The van der Waals surface area contributed by atoms with Crippen LogP contribution in [0.15, 0.2) is 42.5 Å². The highest BCUT2D eigenvalue weighted by atomic mass is 35.5. The lowest BCUT2D eigenvalue weighted by molar-refractivity contribution is -0.385. The molecule has 2 saturated heterocycles. The summed E-state index contributed by atoms with van der Waals surface area (Å²) in [5, 5.41) is 50.9. The molecule has 1 N–H and O–H groups in total. The minimum absolute atomic E-state index is 0.0103. The summed E-state index contributed by atoms with van der Waals surface area (Å²) in [5.74, 6) is -2.82. The number of benzene rings is 2. The normalized spacial score (nSPS) is 28.6.